The predicted octanol–water partition coefficient (Wildman–Crippen LogP) is 7.46. The SMILES string of the molecule is Cc1ccc(-c2nn(-c3ccccc3)cc2[C@H]2CC(c3ccsc3)=NN2C(=S)Nc2ccccc2)cc1. The molecule has 37 heavy (non-hydrogen) atoms. The third-order valence-electron chi connectivity index (χ3n) is 6.45. The minimum atomic E-state index is -0.104. The second-order valence-corrected chi connectivity index (χ2v) is 10.2. The molecular formula is C30H25N5S2. The number of hydrogen-bond acceptors (Lipinski definition) is 4. The van der Waals surface area contributed by atoms with E-state index in [0.717, 1.165) is 45.9 Å². The van der Waals surface area contributed by atoms with E-state index in [1.54, 1.807) is 11.3 Å². The molecule has 5 aromatic rings. The van der Waals surface area contributed by atoms with Crippen molar-refractivity contribution >= 4 is 40.1 Å². The van der Waals surface area contributed by atoms with E-state index in [4.69, 9.17) is 22.4 Å². The fourth-order valence-corrected chi connectivity index (χ4v) is 5.48. The molecule has 0 fully saturated rings. The summed E-state index contributed by atoms with van der Waals surface area (Å²) >= 11 is 7.59. The molecule has 6 rings (SSSR count). The highest BCUT2D eigenvalue weighted by atomic mass is 32.1. The van der Waals surface area contributed by atoms with Gasteiger partial charge in [0, 0.05) is 35.0 Å². The van der Waals surface area contributed by atoms with Crippen molar-refractivity contribution in [3.8, 4) is 16.9 Å². The van der Waals surface area contributed by atoms with E-state index in [1.165, 1.54) is 5.56 Å². The molecule has 0 bridgehead atoms. The summed E-state index contributed by atoms with van der Waals surface area (Å²) in [5, 5.41) is 20.2. The first kappa shape index (κ1) is 23.3. The molecule has 182 valence electrons. The number of nitrogens with zero attached hydrogens (tertiary/aromatic N) is 4. The van der Waals surface area contributed by atoms with Crippen molar-refractivity contribution in [3.05, 3.63) is 125 Å². The summed E-state index contributed by atoms with van der Waals surface area (Å²) in [7, 11) is 0. The van der Waals surface area contributed by atoms with Crippen molar-refractivity contribution in [1.82, 2.24) is 14.8 Å². The molecular weight excluding hydrogens is 494 g/mol. The normalized spacial score (nSPS) is 15.0. The van der Waals surface area contributed by atoms with Crippen LogP contribution in [0, 0.1) is 6.92 Å². The first-order valence-corrected chi connectivity index (χ1v) is 13.5. The Kier molecular flexibility index (Phi) is 6.39. The number of aromatic nitrogens is 2. The van der Waals surface area contributed by atoms with E-state index in [9.17, 15) is 0 Å². The van der Waals surface area contributed by atoms with Gasteiger partial charge in [0.25, 0.3) is 0 Å². The first-order chi connectivity index (χ1) is 18.2. The van der Waals surface area contributed by atoms with Gasteiger partial charge in [-0.3, -0.25) is 0 Å². The van der Waals surface area contributed by atoms with Crippen LogP contribution in [-0.4, -0.2) is 25.6 Å². The third-order valence-corrected chi connectivity index (χ3v) is 7.42. The monoisotopic (exact) mass is 519 g/mol. The lowest BCUT2D eigenvalue weighted by Crippen LogP contribution is -2.31. The van der Waals surface area contributed by atoms with E-state index in [-0.39, 0.29) is 6.04 Å². The smallest absolute Gasteiger partial charge is 0.194 e. The van der Waals surface area contributed by atoms with Crippen molar-refractivity contribution in [2.24, 2.45) is 5.10 Å². The lowest BCUT2D eigenvalue weighted by atomic mass is 9.97. The van der Waals surface area contributed by atoms with Crippen LogP contribution >= 0.6 is 23.6 Å². The Morgan fingerprint density at radius 2 is 1.65 bits per heavy atom. The Morgan fingerprint density at radius 3 is 2.35 bits per heavy atom. The molecule has 0 aliphatic carbocycles. The number of thiophene rings is 1. The highest BCUT2D eigenvalue weighted by molar-refractivity contribution is 7.80. The second-order valence-electron chi connectivity index (χ2n) is 9.00. The fourth-order valence-electron chi connectivity index (χ4n) is 4.53. The molecule has 1 N–H and O–H groups in total. The molecule has 0 radical (unpaired) electrons. The molecule has 1 aliphatic rings. The van der Waals surface area contributed by atoms with Crippen molar-refractivity contribution in [1.29, 1.82) is 0 Å². The lowest BCUT2D eigenvalue weighted by molar-refractivity contribution is 0.376. The highest BCUT2D eigenvalue weighted by Gasteiger charge is 2.35. The van der Waals surface area contributed by atoms with Crippen LogP contribution in [0.4, 0.5) is 5.69 Å². The van der Waals surface area contributed by atoms with Crippen LogP contribution in [0.1, 0.15) is 29.2 Å². The number of anilines is 1. The van der Waals surface area contributed by atoms with Gasteiger partial charge in [-0.05, 0) is 60.2 Å². The third kappa shape index (κ3) is 4.83. The van der Waals surface area contributed by atoms with Crippen LogP contribution in [0.15, 0.2) is 113 Å². The number of benzene rings is 3. The van der Waals surface area contributed by atoms with Gasteiger partial charge < -0.3 is 5.32 Å². The largest absolute Gasteiger partial charge is 0.331 e. The van der Waals surface area contributed by atoms with Crippen LogP contribution in [0.5, 0.6) is 0 Å². The van der Waals surface area contributed by atoms with Crippen LogP contribution in [-0.2, 0) is 0 Å². The average Bonchev–Trinajstić information content (AvgIpc) is 3.70. The number of hydrogen-bond donors (Lipinski definition) is 1. The standard InChI is InChI=1S/C30H25N5S2/c1-21-12-14-22(15-13-21)29-26(19-34(33-29)25-10-6-3-7-11-25)28-18-27(23-16-17-37-20-23)32-35(28)30(36)31-24-8-4-2-5-9-24/h2-17,19-20,28H,18H2,1H3,(H,31,36)/t28-/m1/s1. The molecule has 0 amide bonds. The first-order valence-electron chi connectivity index (χ1n) is 12.1. The Balaban J connectivity index is 1.44. The Labute approximate surface area is 225 Å². The number of thiocarbonyl (C=S) groups is 1. The van der Waals surface area contributed by atoms with Gasteiger partial charge in [-0.15, -0.1) is 0 Å². The molecule has 7 heteroatoms. The Morgan fingerprint density at radius 1 is 0.919 bits per heavy atom. The van der Waals surface area contributed by atoms with Crippen LogP contribution < -0.4 is 5.32 Å². The van der Waals surface area contributed by atoms with E-state index in [2.05, 4.69) is 71.7 Å². The van der Waals surface area contributed by atoms with Crippen LogP contribution in [0.25, 0.3) is 16.9 Å². The maximum atomic E-state index is 5.92. The lowest BCUT2D eigenvalue weighted by Gasteiger charge is -2.24. The zero-order valence-electron chi connectivity index (χ0n) is 20.3. The van der Waals surface area contributed by atoms with Crippen molar-refractivity contribution in [2.75, 3.05) is 5.32 Å². The summed E-state index contributed by atoms with van der Waals surface area (Å²) in [6.45, 7) is 2.10. The van der Waals surface area contributed by atoms with Gasteiger partial charge in [-0.2, -0.15) is 21.5 Å². The van der Waals surface area contributed by atoms with Gasteiger partial charge >= 0.3 is 0 Å². The zero-order chi connectivity index (χ0) is 25.2. The van der Waals surface area contributed by atoms with Gasteiger partial charge in [-0.25, -0.2) is 9.69 Å². The molecule has 2 aromatic heterocycles. The highest BCUT2D eigenvalue weighted by Crippen LogP contribution is 2.39. The molecule has 1 aliphatic heterocycles. The van der Waals surface area contributed by atoms with E-state index < -0.39 is 0 Å². The molecule has 0 spiro atoms. The van der Waals surface area contributed by atoms with E-state index >= 15 is 0 Å². The van der Waals surface area contributed by atoms with Crippen molar-refractivity contribution in [3.63, 3.8) is 0 Å². The van der Waals surface area contributed by atoms with E-state index in [1.807, 2.05) is 58.2 Å². The maximum Gasteiger partial charge on any atom is 0.194 e. The van der Waals surface area contributed by atoms with Gasteiger partial charge in [0.05, 0.1) is 23.1 Å². The van der Waals surface area contributed by atoms with Crippen LogP contribution in [0.3, 0.4) is 0 Å². The Bertz CT molecular complexity index is 1540. The summed E-state index contributed by atoms with van der Waals surface area (Å²) in [5.41, 5.74) is 8.40. The summed E-state index contributed by atoms with van der Waals surface area (Å²) in [6, 6.07) is 30.7. The minimum Gasteiger partial charge on any atom is -0.331 e. The van der Waals surface area contributed by atoms with Crippen molar-refractivity contribution < 1.29 is 0 Å². The second kappa shape index (κ2) is 10.1. The molecule has 3 aromatic carbocycles. The summed E-state index contributed by atoms with van der Waals surface area (Å²) in [4.78, 5) is 0. The predicted molar refractivity (Wildman–Crippen MR) is 156 cm³/mol. The number of para-hydroxylation sites is 2. The summed E-state index contributed by atoms with van der Waals surface area (Å²) in [5.74, 6) is 0. The Hall–Kier alpha value is -4.07. The summed E-state index contributed by atoms with van der Waals surface area (Å²) < 4.78 is 1.96. The maximum absolute atomic E-state index is 5.92. The number of rotatable bonds is 5. The zero-order valence-corrected chi connectivity index (χ0v) is 21.9. The number of aryl methyl sites for hydroxylation is 1. The van der Waals surface area contributed by atoms with Crippen molar-refractivity contribution in [2.45, 2.75) is 19.4 Å². The van der Waals surface area contributed by atoms with Gasteiger partial charge in [0.15, 0.2) is 5.11 Å². The molecule has 3 heterocycles. The average molecular weight is 520 g/mol. The van der Waals surface area contributed by atoms with Crippen LogP contribution in [0.2, 0.25) is 0 Å². The van der Waals surface area contributed by atoms with Gasteiger partial charge in [0.2, 0.25) is 0 Å². The number of nitrogens with one attached hydrogen (secondary N) is 1. The minimum absolute atomic E-state index is 0.104. The fraction of sp³-hybridized carbons (Fsp3) is 0.100. The topological polar surface area (TPSA) is 45.5 Å². The quantitative estimate of drug-likeness (QED) is 0.245. The van der Waals surface area contributed by atoms with Gasteiger partial charge in [0.1, 0.15) is 0 Å². The molecule has 0 saturated heterocycles. The van der Waals surface area contributed by atoms with Gasteiger partial charge in [-0.1, -0.05) is 66.2 Å². The molecule has 5 nitrogen and oxygen atoms in total. The van der Waals surface area contributed by atoms with E-state index in [0.29, 0.717) is 5.11 Å². The molecule has 0 saturated carbocycles. The number of hydrazone groups is 1. The summed E-state index contributed by atoms with van der Waals surface area (Å²) in [6.07, 6.45) is 2.85. The molecule has 1 atom stereocenters. The molecule has 0 unspecified atom stereocenters.